The molecule has 0 aliphatic heterocycles. The van der Waals surface area contributed by atoms with E-state index in [0.717, 1.165) is 10.4 Å². The number of phenolic OH excluding ortho intramolecular Hbond substituents is 1. The van der Waals surface area contributed by atoms with Gasteiger partial charge in [0.05, 0.1) is 11.6 Å². The van der Waals surface area contributed by atoms with E-state index in [9.17, 15) is 0 Å². The van der Waals surface area contributed by atoms with E-state index in [1.54, 1.807) is 35.6 Å². The molecule has 0 amide bonds. The van der Waals surface area contributed by atoms with Gasteiger partial charge in [0.2, 0.25) is 0 Å². The van der Waals surface area contributed by atoms with E-state index >= 15 is 0 Å². The Labute approximate surface area is 97.7 Å². The van der Waals surface area contributed by atoms with Crippen LogP contribution in [0.3, 0.4) is 0 Å². The maximum atomic E-state index is 9.17. The second-order valence-electron chi connectivity index (χ2n) is 3.23. The lowest BCUT2D eigenvalue weighted by Crippen LogP contribution is -1.79. The number of rotatable bonds is 2. The second kappa shape index (κ2) is 4.65. The van der Waals surface area contributed by atoms with Gasteiger partial charge < -0.3 is 5.11 Å². The molecule has 2 aromatic rings. The summed E-state index contributed by atoms with van der Waals surface area (Å²) in [4.78, 5) is 1.05. The van der Waals surface area contributed by atoms with Crippen molar-refractivity contribution in [3.05, 3.63) is 52.2 Å². The van der Waals surface area contributed by atoms with Crippen LogP contribution >= 0.6 is 11.3 Å². The number of hydrogen-bond acceptors (Lipinski definition) is 3. The molecule has 0 fully saturated rings. The van der Waals surface area contributed by atoms with Gasteiger partial charge in [-0.1, -0.05) is 6.07 Å². The lowest BCUT2D eigenvalue weighted by molar-refractivity contribution is 0.475. The predicted octanol–water partition coefficient (Wildman–Crippen LogP) is 3.52. The molecule has 3 heteroatoms. The predicted molar refractivity (Wildman–Crippen MR) is 65.9 cm³/mol. The molecule has 0 aliphatic rings. The summed E-state index contributed by atoms with van der Waals surface area (Å²) in [5.74, 6) is 0.206. The summed E-state index contributed by atoms with van der Waals surface area (Å²) in [7, 11) is 0. The van der Waals surface area contributed by atoms with Gasteiger partial charge in [0.25, 0.3) is 0 Å². The van der Waals surface area contributed by atoms with Crippen molar-refractivity contribution in [2.45, 2.75) is 0 Å². The zero-order valence-electron chi connectivity index (χ0n) is 8.42. The maximum absolute atomic E-state index is 9.17. The fourth-order valence-corrected chi connectivity index (χ4v) is 1.99. The Morgan fingerprint density at radius 2 is 2.00 bits per heavy atom. The van der Waals surface area contributed by atoms with Gasteiger partial charge >= 0.3 is 0 Å². The molecular weight excluding hydrogens is 218 g/mol. The van der Waals surface area contributed by atoms with Crippen molar-refractivity contribution in [2.75, 3.05) is 0 Å². The van der Waals surface area contributed by atoms with Crippen LogP contribution in [-0.2, 0) is 0 Å². The average Bonchev–Trinajstić information content (AvgIpc) is 2.80. The lowest BCUT2D eigenvalue weighted by atomic mass is 10.1. The maximum Gasteiger partial charge on any atom is 0.115 e. The minimum absolute atomic E-state index is 0.206. The van der Waals surface area contributed by atoms with Crippen LogP contribution in [0.5, 0.6) is 5.75 Å². The molecular formula is C13H9NOS. The van der Waals surface area contributed by atoms with E-state index in [2.05, 4.69) is 6.07 Å². The van der Waals surface area contributed by atoms with Crippen LogP contribution in [0.25, 0.3) is 11.6 Å². The first-order valence-corrected chi connectivity index (χ1v) is 5.62. The molecule has 2 nitrogen and oxygen atoms in total. The highest BCUT2D eigenvalue weighted by molar-refractivity contribution is 7.10. The van der Waals surface area contributed by atoms with Gasteiger partial charge in [-0.3, -0.25) is 0 Å². The Morgan fingerprint density at radius 1 is 1.25 bits per heavy atom. The standard InChI is InChI=1S/C13H9NOS/c14-9-11(8-13-2-1-7-16-13)10-3-5-12(15)6-4-10/h1-8,15H/b11-8+. The number of thiophene rings is 1. The molecule has 0 aliphatic carbocycles. The van der Waals surface area contributed by atoms with E-state index in [0.29, 0.717) is 5.57 Å². The smallest absolute Gasteiger partial charge is 0.115 e. The highest BCUT2D eigenvalue weighted by Gasteiger charge is 2.01. The van der Waals surface area contributed by atoms with E-state index in [1.165, 1.54) is 0 Å². The molecule has 0 saturated carbocycles. The van der Waals surface area contributed by atoms with Gasteiger partial charge in [-0.15, -0.1) is 11.3 Å². The summed E-state index contributed by atoms with van der Waals surface area (Å²) in [6.07, 6.45) is 1.84. The minimum atomic E-state index is 0.206. The zero-order chi connectivity index (χ0) is 11.4. The molecule has 0 unspecified atom stereocenters. The summed E-state index contributed by atoms with van der Waals surface area (Å²) in [6, 6.07) is 12.7. The van der Waals surface area contributed by atoms with Crippen LogP contribution in [0.2, 0.25) is 0 Å². The van der Waals surface area contributed by atoms with Gasteiger partial charge in [-0.2, -0.15) is 5.26 Å². The average molecular weight is 227 g/mol. The van der Waals surface area contributed by atoms with Crippen LogP contribution in [0.15, 0.2) is 41.8 Å². The molecule has 1 aromatic heterocycles. The monoisotopic (exact) mass is 227 g/mol. The highest BCUT2D eigenvalue weighted by Crippen LogP contribution is 2.21. The molecule has 16 heavy (non-hydrogen) atoms. The molecule has 78 valence electrons. The van der Waals surface area contributed by atoms with Crippen LogP contribution in [-0.4, -0.2) is 5.11 Å². The molecule has 0 atom stereocenters. The molecule has 0 saturated heterocycles. The van der Waals surface area contributed by atoms with Gasteiger partial charge in [-0.25, -0.2) is 0 Å². The van der Waals surface area contributed by atoms with Crippen molar-refractivity contribution in [1.82, 2.24) is 0 Å². The molecule has 1 heterocycles. The molecule has 1 N–H and O–H groups in total. The van der Waals surface area contributed by atoms with Crippen molar-refractivity contribution in [2.24, 2.45) is 0 Å². The summed E-state index contributed by atoms with van der Waals surface area (Å²) in [5, 5.41) is 20.2. The fourth-order valence-electron chi connectivity index (χ4n) is 1.34. The van der Waals surface area contributed by atoms with Crippen molar-refractivity contribution in [3.8, 4) is 11.8 Å². The number of nitrogens with zero attached hydrogens (tertiary/aromatic N) is 1. The largest absolute Gasteiger partial charge is 0.508 e. The van der Waals surface area contributed by atoms with Crippen molar-refractivity contribution >= 4 is 23.0 Å². The Bertz CT molecular complexity index is 532. The first-order chi connectivity index (χ1) is 7.79. The number of phenols is 1. The number of allylic oxidation sites excluding steroid dienone is 1. The number of benzene rings is 1. The summed E-state index contributed by atoms with van der Waals surface area (Å²) in [5.41, 5.74) is 1.41. The quantitative estimate of drug-likeness (QED) is 0.798. The number of hydrogen-bond donors (Lipinski definition) is 1. The Hall–Kier alpha value is -2.05. The molecule has 1 aromatic carbocycles. The van der Waals surface area contributed by atoms with Gasteiger partial charge in [0.1, 0.15) is 5.75 Å². The van der Waals surface area contributed by atoms with Crippen LogP contribution in [0.1, 0.15) is 10.4 Å². The van der Waals surface area contributed by atoms with Crippen LogP contribution in [0.4, 0.5) is 0 Å². The second-order valence-corrected chi connectivity index (χ2v) is 4.21. The normalized spacial score (nSPS) is 11.1. The van der Waals surface area contributed by atoms with E-state index in [-0.39, 0.29) is 5.75 Å². The lowest BCUT2D eigenvalue weighted by Gasteiger charge is -1.98. The Balaban J connectivity index is 2.37. The minimum Gasteiger partial charge on any atom is -0.508 e. The molecule has 2 rings (SSSR count). The summed E-state index contributed by atoms with van der Waals surface area (Å²) >= 11 is 1.59. The number of aromatic hydroxyl groups is 1. The van der Waals surface area contributed by atoms with Crippen molar-refractivity contribution in [3.63, 3.8) is 0 Å². The summed E-state index contributed by atoms with van der Waals surface area (Å²) in [6.45, 7) is 0. The van der Waals surface area contributed by atoms with Gasteiger partial charge in [0.15, 0.2) is 0 Å². The van der Waals surface area contributed by atoms with E-state index in [1.807, 2.05) is 23.6 Å². The van der Waals surface area contributed by atoms with Crippen molar-refractivity contribution in [1.29, 1.82) is 5.26 Å². The van der Waals surface area contributed by atoms with Crippen LogP contribution < -0.4 is 0 Å². The van der Waals surface area contributed by atoms with Crippen LogP contribution in [0, 0.1) is 11.3 Å². The van der Waals surface area contributed by atoms with Crippen molar-refractivity contribution < 1.29 is 5.11 Å². The topological polar surface area (TPSA) is 44.0 Å². The first kappa shape index (κ1) is 10.5. The third-order valence-electron chi connectivity index (χ3n) is 2.13. The van der Waals surface area contributed by atoms with Gasteiger partial charge in [-0.05, 0) is 47.4 Å². The summed E-state index contributed by atoms with van der Waals surface area (Å²) < 4.78 is 0. The van der Waals surface area contributed by atoms with E-state index in [4.69, 9.17) is 10.4 Å². The highest BCUT2D eigenvalue weighted by atomic mass is 32.1. The SMILES string of the molecule is N#C/C(=C\c1cccs1)c1ccc(O)cc1. The molecule has 0 radical (unpaired) electrons. The number of nitriles is 1. The molecule has 0 spiro atoms. The third-order valence-corrected chi connectivity index (χ3v) is 2.95. The first-order valence-electron chi connectivity index (χ1n) is 4.74. The molecule has 0 bridgehead atoms. The Morgan fingerprint density at radius 3 is 2.56 bits per heavy atom. The third kappa shape index (κ3) is 2.30. The fraction of sp³-hybridized carbons (Fsp3) is 0. The van der Waals surface area contributed by atoms with Gasteiger partial charge in [0, 0.05) is 4.88 Å². The Kier molecular flexibility index (Phi) is 3.04. The van der Waals surface area contributed by atoms with E-state index < -0.39 is 0 Å². The zero-order valence-corrected chi connectivity index (χ0v) is 9.24.